The van der Waals surface area contributed by atoms with E-state index in [4.69, 9.17) is 4.74 Å². The second-order valence-electron chi connectivity index (χ2n) is 5.14. The Morgan fingerprint density at radius 2 is 2.13 bits per heavy atom. The van der Waals surface area contributed by atoms with Crippen LogP contribution in [-0.4, -0.2) is 12.7 Å². The molecule has 2 rings (SSSR count). The van der Waals surface area contributed by atoms with Crippen molar-refractivity contribution in [1.29, 1.82) is 0 Å². The highest BCUT2D eigenvalue weighted by atomic mass is 16.5. The van der Waals surface area contributed by atoms with E-state index in [1.54, 1.807) is 0 Å². The van der Waals surface area contributed by atoms with Gasteiger partial charge in [-0.15, -0.1) is 0 Å². The fourth-order valence-electron chi connectivity index (χ4n) is 3.36. The topological polar surface area (TPSA) is 9.23 Å². The molecule has 1 aliphatic heterocycles. The van der Waals surface area contributed by atoms with Gasteiger partial charge in [0.2, 0.25) is 0 Å². The minimum atomic E-state index is 0.310. The average Bonchev–Trinajstić information content (AvgIpc) is 2.15. The second kappa shape index (κ2) is 4.13. The Balaban J connectivity index is 2.29. The highest BCUT2D eigenvalue weighted by Gasteiger charge is 2.42. The van der Waals surface area contributed by atoms with Crippen LogP contribution in [0, 0.1) is 23.7 Å². The number of allylic oxidation sites excluding steroid dienone is 2. The Labute approximate surface area is 93.2 Å². The first-order chi connectivity index (χ1) is 7.15. The van der Waals surface area contributed by atoms with Crippen molar-refractivity contribution in [3.8, 4) is 0 Å². The predicted octanol–water partition coefficient (Wildman–Crippen LogP) is 3.43. The summed E-state index contributed by atoms with van der Waals surface area (Å²) in [5, 5.41) is 0. The molecule has 0 aromatic rings. The summed E-state index contributed by atoms with van der Waals surface area (Å²) < 4.78 is 5.97. The first-order valence-corrected chi connectivity index (χ1v) is 6.08. The highest BCUT2D eigenvalue weighted by Crippen LogP contribution is 2.44. The van der Waals surface area contributed by atoms with Crippen LogP contribution >= 0.6 is 0 Å². The van der Waals surface area contributed by atoms with Gasteiger partial charge in [0.1, 0.15) is 0 Å². The molecular formula is C14H22O. The van der Waals surface area contributed by atoms with Crippen molar-refractivity contribution >= 4 is 0 Å². The normalized spacial score (nSPS) is 45.6. The van der Waals surface area contributed by atoms with Crippen LogP contribution in [0.2, 0.25) is 0 Å². The van der Waals surface area contributed by atoms with E-state index in [2.05, 4.69) is 45.9 Å². The summed E-state index contributed by atoms with van der Waals surface area (Å²) in [7, 11) is 0. The number of ether oxygens (including phenoxy) is 1. The maximum absolute atomic E-state index is 5.97. The van der Waals surface area contributed by atoms with Crippen molar-refractivity contribution < 1.29 is 4.74 Å². The highest BCUT2D eigenvalue weighted by molar-refractivity contribution is 5.19. The number of fused-ring (bicyclic) bond motifs is 2. The van der Waals surface area contributed by atoms with Crippen molar-refractivity contribution in [2.45, 2.75) is 33.8 Å². The van der Waals surface area contributed by atoms with Crippen molar-refractivity contribution in [3.05, 3.63) is 23.8 Å². The molecule has 84 valence electrons. The number of hydrogen-bond acceptors (Lipinski definition) is 1. The Hall–Kier alpha value is -0.560. The number of hydrogen-bond donors (Lipinski definition) is 0. The Morgan fingerprint density at radius 1 is 1.40 bits per heavy atom. The third-order valence-electron chi connectivity index (χ3n) is 4.19. The lowest BCUT2D eigenvalue weighted by molar-refractivity contribution is -0.0687. The molecular weight excluding hydrogens is 184 g/mol. The van der Waals surface area contributed by atoms with E-state index < -0.39 is 0 Å². The molecule has 5 atom stereocenters. The molecule has 0 aromatic carbocycles. The molecule has 0 amide bonds. The lowest BCUT2D eigenvalue weighted by Gasteiger charge is -2.46. The van der Waals surface area contributed by atoms with E-state index >= 15 is 0 Å². The fraction of sp³-hybridized carbons (Fsp3) is 0.714. The van der Waals surface area contributed by atoms with Crippen LogP contribution in [0.15, 0.2) is 23.8 Å². The van der Waals surface area contributed by atoms with Gasteiger partial charge in [0.15, 0.2) is 0 Å². The van der Waals surface area contributed by atoms with Gasteiger partial charge < -0.3 is 4.74 Å². The molecule has 0 aromatic heterocycles. The second-order valence-corrected chi connectivity index (χ2v) is 5.14. The quantitative estimate of drug-likeness (QED) is 0.597. The zero-order valence-corrected chi connectivity index (χ0v) is 10.2. The number of rotatable bonds is 1. The van der Waals surface area contributed by atoms with Crippen LogP contribution in [0.5, 0.6) is 0 Å². The van der Waals surface area contributed by atoms with Gasteiger partial charge in [0, 0.05) is 5.92 Å². The molecule has 1 heteroatoms. The third-order valence-corrected chi connectivity index (χ3v) is 4.19. The summed E-state index contributed by atoms with van der Waals surface area (Å²) in [6, 6.07) is 0. The van der Waals surface area contributed by atoms with Gasteiger partial charge in [-0.05, 0) is 31.6 Å². The average molecular weight is 206 g/mol. The van der Waals surface area contributed by atoms with Gasteiger partial charge in [0.05, 0.1) is 12.7 Å². The molecule has 1 heterocycles. The van der Waals surface area contributed by atoms with Gasteiger partial charge in [-0.2, -0.15) is 0 Å². The summed E-state index contributed by atoms with van der Waals surface area (Å²) in [4.78, 5) is 0. The molecule has 0 radical (unpaired) electrons. The molecule has 0 N–H and O–H groups in total. The fourth-order valence-corrected chi connectivity index (χ4v) is 3.36. The molecule has 0 unspecified atom stereocenters. The maximum Gasteiger partial charge on any atom is 0.0823 e. The van der Waals surface area contributed by atoms with Crippen LogP contribution < -0.4 is 0 Å². The summed E-state index contributed by atoms with van der Waals surface area (Å²) in [6.07, 6.45) is 7.09. The first-order valence-electron chi connectivity index (χ1n) is 6.08. The van der Waals surface area contributed by atoms with E-state index in [9.17, 15) is 0 Å². The summed E-state index contributed by atoms with van der Waals surface area (Å²) >= 11 is 0. The van der Waals surface area contributed by atoms with Gasteiger partial charge in [0.25, 0.3) is 0 Å². The van der Waals surface area contributed by atoms with Crippen molar-refractivity contribution in [3.63, 3.8) is 0 Å². The maximum atomic E-state index is 5.97. The Kier molecular flexibility index (Phi) is 3.01. The monoisotopic (exact) mass is 206 g/mol. The van der Waals surface area contributed by atoms with Gasteiger partial charge in [-0.3, -0.25) is 0 Å². The summed E-state index contributed by atoms with van der Waals surface area (Å²) in [5.74, 6) is 2.78. The first kappa shape index (κ1) is 10.9. The predicted molar refractivity (Wildman–Crippen MR) is 63.6 cm³/mol. The Bertz CT molecular complexity index is 290. The van der Waals surface area contributed by atoms with E-state index in [-0.39, 0.29) is 0 Å². The van der Waals surface area contributed by atoms with Crippen molar-refractivity contribution in [2.75, 3.05) is 6.61 Å². The van der Waals surface area contributed by atoms with Crippen LogP contribution in [0.3, 0.4) is 0 Å². The van der Waals surface area contributed by atoms with Gasteiger partial charge in [-0.25, -0.2) is 0 Å². The lowest BCUT2D eigenvalue weighted by atomic mass is 9.65. The summed E-state index contributed by atoms with van der Waals surface area (Å²) in [6.45, 7) is 9.98. The molecule has 15 heavy (non-hydrogen) atoms. The Morgan fingerprint density at radius 3 is 2.80 bits per heavy atom. The standard InChI is InChI=1S/C14H22O/c1-5-6-13-14-10(3)7-9(2)12(8-15-13)11(14)4/h5-7,9,11-14H,8H2,1-4H3/b6-5+/t9-,11+,12+,13+,14-/m0/s1. The minimum absolute atomic E-state index is 0.310. The minimum Gasteiger partial charge on any atom is -0.373 e. The smallest absolute Gasteiger partial charge is 0.0823 e. The SMILES string of the molecule is C/C=C/[C@H]1OC[C@H]2[C@@H](C)[C@@H]1C(C)=C[C@@H]2C. The van der Waals surface area contributed by atoms with Crippen LogP contribution in [-0.2, 0) is 4.74 Å². The van der Waals surface area contributed by atoms with Crippen LogP contribution in [0.25, 0.3) is 0 Å². The third kappa shape index (κ3) is 1.78. The van der Waals surface area contributed by atoms with Gasteiger partial charge >= 0.3 is 0 Å². The molecule has 1 nitrogen and oxygen atoms in total. The van der Waals surface area contributed by atoms with E-state index in [0.717, 1.165) is 18.4 Å². The lowest BCUT2D eigenvalue weighted by Crippen LogP contribution is -2.45. The molecule has 1 saturated heterocycles. The molecule has 1 fully saturated rings. The molecule has 0 spiro atoms. The molecule has 1 aliphatic carbocycles. The van der Waals surface area contributed by atoms with E-state index in [0.29, 0.717) is 17.9 Å². The van der Waals surface area contributed by atoms with Crippen molar-refractivity contribution in [1.82, 2.24) is 0 Å². The summed E-state index contributed by atoms with van der Waals surface area (Å²) in [5.41, 5.74) is 1.52. The van der Waals surface area contributed by atoms with E-state index in [1.165, 1.54) is 5.57 Å². The zero-order chi connectivity index (χ0) is 11.0. The van der Waals surface area contributed by atoms with Crippen molar-refractivity contribution in [2.24, 2.45) is 23.7 Å². The van der Waals surface area contributed by atoms with E-state index in [1.807, 2.05) is 0 Å². The molecule has 2 aliphatic rings. The van der Waals surface area contributed by atoms with Gasteiger partial charge in [-0.1, -0.05) is 37.6 Å². The zero-order valence-electron chi connectivity index (χ0n) is 10.2. The van der Waals surface area contributed by atoms with Crippen LogP contribution in [0.1, 0.15) is 27.7 Å². The molecule has 0 saturated carbocycles. The molecule has 2 bridgehead atoms. The van der Waals surface area contributed by atoms with Crippen LogP contribution in [0.4, 0.5) is 0 Å². The largest absolute Gasteiger partial charge is 0.373 e.